The van der Waals surface area contributed by atoms with E-state index < -0.39 is 11.4 Å². The quantitative estimate of drug-likeness (QED) is 0.673. The Hall–Kier alpha value is -3.22. The molecular formula is C22H25N5O2. The molecule has 1 fully saturated rings. The van der Waals surface area contributed by atoms with Crippen molar-refractivity contribution in [2.75, 3.05) is 0 Å². The smallest absolute Gasteiger partial charge is 0.252 e. The van der Waals surface area contributed by atoms with Crippen LogP contribution in [0.15, 0.2) is 42.6 Å². The Bertz CT molecular complexity index is 1070. The second kappa shape index (κ2) is 7.31. The Morgan fingerprint density at radius 2 is 1.97 bits per heavy atom. The number of pyridine rings is 1. The number of nitrogens with one attached hydrogen (secondary N) is 1. The topological polar surface area (TPSA) is 103 Å². The first-order valence-electron chi connectivity index (χ1n) is 9.93. The van der Waals surface area contributed by atoms with Crippen LogP contribution in [0.3, 0.4) is 0 Å². The molecule has 1 aromatic carbocycles. The monoisotopic (exact) mass is 391 g/mol. The van der Waals surface area contributed by atoms with Crippen LogP contribution in [-0.2, 0) is 4.79 Å². The molecule has 0 saturated heterocycles. The maximum absolute atomic E-state index is 13.3. The van der Waals surface area contributed by atoms with E-state index in [1.54, 1.807) is 12.3 Å². The van der Waals surface area contributed by atoms with E-state index in [0.29, 0.717) is 22.3 Å². The lowest BCUT2D eigenvalue weighted by molar-refractivity contribution is -0.120. The highest BCUT2D eigenvalue weighted by Gasteiger charge is 2.40. The lowest BCUT2D eigenvalue weighted by atomic mass is 9.74. The van der Waals surface area contributed by atoms with Crippen molar-refractivity contribution in [3.63, 3.8) is 0 Å². The molecule has 150 valence electrons. The van der Waals surface area contributed by atoms with Crippen molar-refractivity contribution in [1.29, 1.82) is 0 Å². The predicted molar refractivity (Wildman–Crippen MR) is 111 cm³/mol. The van der Waals surface area contributed by atoms with Gasteiger partial charge in [0.2, 0.25) is 5.91 Å². The Morgan fingerprint density at radius 3 is 2.55 bits per heavy atom. The average Bonchev–Trinajstić information content (AvgIpc) is 3.10. The van der Waals surface area contributed by atoms with Crippen molar-refractivity contribution in [2.24, 2.45) is 5.73 Å². The molecule has 1 aliphatic carbocycles. The molecule has 3 N–H and O–H groups in total. The first-order valence-corrected chi connectivity index (χ1v) is 9.93. The van der Waals surface area contributed by atoms with Gasteiger partial charge in [0.25, 0.3) is 5.91 Å². The number of carbonyl (C=O) groups excluding carboxylic acids is 2. The Morgan fingerprint density at radius 1 is 1.24 bits per heavy atom. The molecule has 0 radical (unpaired) electrons. The molecule has 3 aromatic rings. The van der Waals surface area contributed by atoms with E-state index >= 15 is 0 Å². The number of fused-ring (bicyclic) bond motifs is 1. The van der Waals surface area contributed by atoms with Gasteiger partial charge >= 0.3 is 0 Å². The first-order chi connectivity index (χ1) is 13.9. The largest absolute Gasteiger partial charge is 0.370 e. The summed E-state index contributed by atoms with van der Waals surface area (Å²) in [7, 11) is 0. The van der Waals surface area contributed by atoms with Crippen LogP contribution >= 0.6 is 0 Å². The molecule has 4 rings (SSSR count). The highest BCUT2D eigenvalue weighted by molar-refractivity contribution is 6.07. The number of nitrogens with two attached hydrogens (primary N) is 1. The lowest BCUT2D eigenvalue weighted by Gasteiger charge is -2.41. The van der Waals surface area contributed by atoms with Gasteiger partial charge in [-0.05, 0) is 39.2 Å². The standard InChI is InChI=1S/C22H25N5O2/c1-14(2)27-20-17(13-24-27)16(11-18(25-20)15-7-4-3-5-8-15)21(29)26-22(9-6-10-22)12-19(23)28/h3-5,7-8,11,13-14H,6,9-10,12H2,1-2H3,(H2,23,28)(H,26,29). The summed E-state index contributed by atoms with van der Waals surface area (Å²) in [5.74, 6) is -0.624. The van der Waals surface area contributed by atoms with Crippen LogP contribution in [0.5, 0.6) is 0 Å². The highest BCUT2D eigenvalue weighted by Crippen LogP contribution is 2.35. The predicted octanol–water partition coefficient (Wildman–Crippen LogP) is 3.21. The number of amides is 2. The number of hydrogen-bond donors (Lipinski definition) is 2. The summed E-state index contributed by atoms with van der Waals surface area (Å²) in [5.41, 5.74) is 7.69. The van der Waals surface area contributed by atoms with E-state index in [4.69, 9.17) is 10.7 Å². The minimum atomic E-state index is -0.542. The molecule has 29 heavy (non-hydrogen) atoms. The zero-order chi connectivity index (χ0) is 20.6. The van der Waals surface area contributed by atoms with Gasteiger partial charge in [-0.2, -0.15) is 5.10 Å². The molecule has 7 heteroatoms. The summed E-state index contributed by atoms with van der Waals surface area (Å²) < 4.78 is 1.82. The Balaban J connectivity index is 1.80. The third kappa shape index (κ3) is 3.60. The summed E-state index contributed by atoms with van der Waals surface area (Å²) in [5, 5.41) is 8.23. The SMILES string of the molecule is CC(C)n1ncc2c(C(=O)NC3(CC(N)=O)CCC3)cc(-c3ccccc3)nc21. The van der Waals surface area contributed by atoms with Gasteiger partial charge in [0.1, 0.15) is 0 Å². The first kappa shape index (κ1) is 19.1. The van der Waals surface area contributed by atoms with Gasteiger partial charge in [-0.15, -0.1) is 0 Å². The van der Waals surface area contributed by atoms with Gasteiger partial charge in [0.15, 0.2) is 5.65 Å². The van der Waals surface area contributed by atoms with Gasteiger partial charge in [0.05, 0.1) is 22.8 Å². The van der Waals surface area contributed by atoms with E-state index in [1.165, 1.54) is 0 Å². The molecule has 2 amide bonds. The summed E-state index contributed by atoms with van der Waals surface area (Å²) in [6.07, 6.45) is 4.33. The van der Waals surface area contributed by atoms with E-state index in [1.807, 2.05) is 48.9 Å². The number of hydrogen-bond acceptors (Lipinski definition) is 4. The molecule has 0 aliphatic heterocycles. The number of carbonyl (C=O) groups is 2. The van der Waals surface area contributed by atoms with Crippen LogP contribution in [0.25, 0.3) is 22.3 Å². The van der Waals surface area contributed by atoms with Crippen molar-refractivity contribution in [1.82, 2.24) is 20.1 Å². The lowest BCUT2D eigenvalue weighted by Crippen LogP contribution is -2.55. The summed E-state index contributed by atoms with van der Waals surface area (Å²) in [6, 6.07) is 11.7. The van der Waals surface area contributed by atoms with Crippen molar-refractivity contribution in [3.05, 3.63) is 48.2 Å². The normalized spacial score (nSPS) is 15.3. The van der Waals surface area contributed by atoms with E-state index in [2.05, 4.69) is 10.4 Å². The fourth-order valence-electron chi connectivity index (χ4n) is 3.93. The van der Waals surface area contributed by atoms with Gasteiger partial charge in [-0.3, -0.25) is 9.59 Å². The van der Waals surface area contributed by atoms with Crippen LogP contribution in [-0.4, -0.2) is 32.1 Å². The van der Waals surface area contributed by atoms with Crippen LogP contribution in [0.1, 0.15) is 55.9 Å². The summed E-state index contributed by atoms with van der Waals surface area (Å²) >= 11 is 0. The van der Waals surface area contributed by atoms with Crippen molar-refractivity contribution >= 4 is 22.8 Å². The molecule has 0 unspecified atom stereocenters. The van der Waals surface area contributed by atoms with Crippen LogP contribution < -0.4 is 11.1 Å². The maximum atomic E-state index is 13.3. The zero-order valence-electron chi connectivity index (χ0n) is 16.7. The van der Waals surface area contributed by atoms with Gasteiger partial charge in [-0.1, -0.05) is 30.3 Å². The van der Waals surface area contributed by atoms with Gasteiger partial charge < -0.3 is 11.1 Å². The number of nitrogens with zero attached hydrogens (tertiary/aromatic N) is 3. The molecule has 0 atom stereocenters. The summed E-state index contributed by atoms with van der Waals surface area (Å²) in [4.78, 5) is 29.6. The van der Waals surface area contributed by atoms with Crippen molar-refractivity contribution in [2.45, 2.75) is 51.1 Å². The molecule has 2 heterocycles. The highest BCUT2D eigenvalue weighted by atomic mass is 16.2. The fraction of sp³-hybridized carbons (Fsp3) is 0.364. The van der Waals surface area contributed by atoms with Crippen molar-refractivity contribution in [3.8, 4) is 11.3 Å². The van der Waals surface area contributed by atoms with Gasteiger partial charge in [-0.25, -0.2) is 9.67 Å². The van der Waals surface area contributed by atoms with Crippen molar-refractivity contribution < 1.29 is 9.59 Å². The minimum absolute atomic E-state index is 0.106. The number of aromatic nitrogens is 3. The van der Waals surface area contributed by atoms with Crippen LogP contribution in [0.4, 0.5) is 0 Å². The number of rotatable bonds is 6. The molecule has 7 nitrogen and oxygen atoms in total. The third-order valence-electron chi connectivity index (χ3n) is 5.57. The molecule has 2 aromatic heterocycles. The van der Waals surface area contributed by atoms with Crippen LogP contribution in [0.2, 0.25) is 0 Å². The molecular weight excluding hydrogens is 366 g/mol. The second-order valence-electron chi connectivity index (χ2n) is 8.07. The molecule has 1 saturated carbocycles. The minimum Gasteiger partial charge on any atom is -0.370 e. The molecule has 0 bridgehead atoms. The average molecular weight is 391 g/mol. The maximum Gasteiger partial charge on any atom is 0.252 e. The third-order valence-corrected chi connectivity index (χ3v) is 5.57. The molecule has 0 spiro atoms. The van der Waals surface area contributed by atoms with E-state index in [9.17, 15) is 9.59 Å². The summed E-state index contributed by atoms with van der Waals surface area (Å²) in [6.45, 7) is 4.05. The van der Waals surface area contributed by atoms with Gasteiger partial charge in [0, 0.05) is 23.6 Å². The number of benzene rings is 1. The Labute approximate surface area is 169 Å². The van der Waals surface area contributed by atoms with E-state index in [-0.39, 0.29) is 18.4 Å². The fourth-order valence-corrected chi connectivity index (χ4v) is 3.93. The zero-order valence-corrected chi connectivity index (χ0v) is 16.7. The Kier molecular flexibility index (Phi) is 4.82. The molecule has 1 aliphatic rings. The van der Waals surface area contributed by atoms with E-state index in [0.717, 1.165) is 24.8 Å². The number of primary amides is 1. The second-order valence-corrected chi connectivity index (χ2v) is 8.07. The van der Waals surface area contributed by atoms with Crippen LogP contribution in [0, 0.1) is 0 Å².